The molecule has 0 atom stereocenters. The van der Waals surface area contributed by atoms with E-state index in [9.17, 15) is 0 Å². The van der Waals surface area contributed by atoms with E-state index in [1.54, 1.807) is 19.4 Å². The van der Waals surface area contributed by atoms with Crippen LogP contribution in [0, 0.1) is 6.92 Å². The van der Waals surface area contributed by atoms with Crippen molar-refractivity contribution in [3.8, 4) is 0 Å². The fraction of sp³-hybridized carbons (Fsp3) is 0.500. The molecule has 0 aliphatic heterocycles. The summed E-state index contributed by atoms with van der Waals surface area (Å²) in [6.45, 7) is 7.52. The van der Waals surface area contributed by atoms with Crippen LogP contribution in [0.2, 0.25) is 0 Å². The third kappa shape index (κ3) is 3.80. The number of hydrogen-bond acceptors (Lipinski definition) is 5. The molecule has 5 heteroatoms. The Balaban J connectivity index is 2.85. The lowest BCUT2D eigenvalue weighted by Gasteiger charge is -2.21. The lowest BCUT2D eigenvalue weighted by atomic mass is 10.2. The second-order valence-corrected chi connectivity index (χ2v) is 3.67. The standard InChI is InChI=1S/C12H19N3O2/c1-4-5-15(6-7-17-3)12-13-8-11(9-16)10(2)14-12/h4,8,16H,1,5-7,9H2,2-3H3. The summed E-state index contributed by atoms with van der Waals surface area (Å²) >= 11 is 0. The Morgan fingerprint density at radius 3 is 2.88 bits per heavy atom. The average Bonchev–Trinajstić information content (AvgIpc) is 2.34. The minimum Gasteiger partial charge on any atom is -0.392 e. The van der Waals surface area contributed by atoms with Gasteiger partial charge >= 0.3 is 0 Å². The van der Waals surface area contributed by atoms with Crippen LogP contribution in [0.1, 0.15) is 11.3 Å². The van der Waals surface area contributed by atoms with Gasteiger partial charge in [0.25, 0.3) is 0 Å². The number of aliphatic hydroxyl groups excluding tert-OH is 1. The maximum atomic E-state index is 9.06. The molecule has 1 heterocycles. The predicted molar refractivity (Wildman–Crippen MR) is 67.0 cm³/mol. The molecule has 94 valence electrons. The zero-order chi connectivity index (χ0) is 12.7. The Kier molecular flexibility index (Phi) is 5.59. The molecule has 1 N–H and O–H groups in total. The molecule has 0 aromatic carbocycles. The number of aryl methyl sites for hydroxylation is 1. The highest BCUT2D eigenvalue weighted by Gasteiger charge is 2.09. The first-order valence-corrected chi connectivity index (χ1v) is 5.51. The molecule has 0 aliphatic rings. The summed E-state index contributed by atoms with van der Waals surface area (Å²) in [5, 5.41) is 9.06. The molecule has 1 rings (SSSR count). The van der Waals surface area contributed by atoms with E-state index in [0.717, 1.165) is 11.3 Å². The van der Waals surface area contributed by atoms with Crippen LogP contribution in [-0.2, 0) is 11.3 Å². The number of methoxy groups -OCH3 is 1. The highest BCUT2D eigenvalue weighted by atomic mass is 16.5. The predicted octanol–water partition coefficient (Wildman–Crippen LogP) is 0.916. The van der Waals surface area contributed by atoms with Gasteiger partial charge in [0, 0.05) is 37.7 Å². The third-order valence-electron chi connectivity index (χ3n) is 2.44. The molecular weight excluding hydrogens is 218 g/mol. The highest BCUT2D eigenvalue weighted by Crippen LogP contribution is 2.11. The smallest absolute Gasteiger partial charge is 0.225 e. The fourth-order valence-electron chi connectivity index (χ4n) is 1.42. The van der Waals surface area contributed by atoms with Crippen molar-refractivity contribution in [2.75, 3.05) is 31.7 Å². The minimum atomic E-state index is -0.0361. The lowest BCUT2D eigenvalue weighted by Crippen LogP contribution is -2.29. The molecule has 17 heavy (non-hydrogen) atoms. The van der Waals surface area contributed by atoms with Crippen molar-refractivity contribution in [3.05, 3.63) is 30.1 Å². The number of anilines is 1. The summed E-state index contributed by atoms with van der Waals surface area (Å²) in [6.07, 6.45) is 3.45. The Morgan fingerprint density at radius 1 is 1.59 bits per heavy atom. The van der Waals surface area contributed by atoms with Gasteiger partial charge in [-0.1, -0.05) is 6.08 Å². The molecule has 0 saturated carbocycles. The van der Waals surface area contributed by atoms with Gasteiger partial charge in [0.2, 0.25) is 5.95 Å². The summed E-state index contributed by atoms with van der Waals surface area (Å²) in [7, 11) is 1.66. The SMILES string of the molecule is C=CCN(CCOC)c1ncc(CO)c(C)n1. The molecule has 0 spiro atoms. The van der Waals surface area contributed by atoms with Crippen molar-refractivity contribution in [3.63, 3.8) is 0 Å². The van der Waals surface area contributed by atoms with Crippen LogP contribution in [0.4, 0.5) is 5.95 Å². The second-order valence-electron chi connectivity index (χ2n) is 3.67. The Morgan fingerprint density at radius 2 is 2.35 bits per heavy atom. The maximum absolute atomic E-state index is 9.06. The summed E-state index contributed by atoms with van der Waals surface area (Å²) in [6, 6.07) is 0. The van der Waals surface area contributed by atoms with Crippen molar-refractivity contribution in [1.82, 2.24) is 9.97 Å². The summed E-state index contributed by atoms with van der Waals surface area (Å²) in [5.74, 6) is 0.636. The van der Waals surface area contributed by atoms with Gasteiger partial charge in [0.15, 0.2) is 0 Å². The Bertz CT molecular complexity index is 369. The topological polar surface area (TPSA) is 58.5 Å². The van der Waals surface area contributed by atoms with E-state index >= 15 is 0 Å². The molecule has 0 saturated heterocycles. The zero-order valence-electron chi connectivity index (χ0n) is 10.4. The number of nitrogens with zero attached hydrogens (tertiary/aromatic N) is 3. The molecule has 1 aromatic rings. The molecule has 0 radical (unpaired) electrons. The number of aromatic nitrogens is 2. The lowest BCUT2D eigenvalue weighted by molar-refractivity contribution is 0.205. The second kappa shape index (κ2) is 6.98. The maximum Gasteiger partial charge on any atom is 0.225 e. The van der Waals surface area contributed by atoms with Gasteiger partial charge in [-0.15, -0.1) is 6.58 Å². The first kappa shape index (κ1) is 13.6. The van der Waals surface area contributed by atoms with Crippen molar-refractivity contribution >= 4 is 5.95 Å². The minimum absolute atomic E-state index is 0.0361. The van der Waals surface area contributed by atoms with Crippen molar-refractivity contribution in [2.45, 2.75) is 13.5 Å². The van der Waals surface area contributed by atoms with Crippen LogP contribution in [0.3, 0.4) is 0 Å². The summed E-state index contributed by atoms with van der Waals surface area (Å²) in [4.78, 5) is 10.6. The van der Waals surface area contributed by atoms with E-state index in [1.807, 2.05) is 11.8 Å². The molecule has 0 unspecified atom stereocenters. The molecule has 0 fully saturated rings. The van der Waals surface area contributed by atoms with E-state index in [2.05, 4.69) is 16.5 Å². The van der Waals surface area contributed by atoms with Crippen molar-refractivity contribution < 1.29 is 9.84 Å². The molecule has 0 amide bonds. The van der Waals surface area contributed by atoms with Gasteiger partial charge in [-0.25, -0.2) is 9.97 Å². The van der Waals surface area contributed by atoms with Gasteiger partial charge in [0.05, 0.1) is 13.2 Å². The van der Waals surface area contributed by atoms with E-state index in [0.29, 0.717) is 25.6 Å². The summed E-state index contributed by atoms with van der Waals surface area (Å²) < 4.78 is 5.04. The van der Waals surface area contributed by atoms with Crippen molar-refractivity contribution in [2.24, 2.45) is 0 Å². The first-order chi connectivity index (χ1) is 8.22. The molecule has 1 aromatic heterocycles. The van der Waals surface area contributed by atoms with Gasteiger partial charge in [0.1, 0.15) is 0 Å². The van der Waals surface area contributed by atoms with Crippen LogP contribution < -0.4 is 4.90 Å². The van der Waals surface area contributed by atoms with Crippen LogP contribution >= 0.6 is 0 Å². The van der Waals surface area contributed by atoms with Crippen LogP contribution in [-0.4, -0.2) is 41.9 Å². The molecule has 0 bridgehead atoms. The monoisotopic (exact) mass is 237 g/mol. The summed E-state index contributed by atoms with van der Waals surface area (Å²) in [5.41, 5.74) is 1.54. The largest absolute Gasteiger partial charge is 0.392 e. The van der Waals surface area contributed by atoms with Gasteiger partial charge in [-0.05, 0) is 6.92 Å². The third-order valence-corrected chi connectivity index (χ3v) is 2.44. The molecule has 0 aliphatic carbocycles. The molecular formula is C12H19N3O2. The average molecular weight is 237 g/mol. The zero-order valence-corrected chi connectivity index (χ0v) is 10.4. The van der Waals surface area contributed by atoms with Crippen molar-refractivity contribution in [1.29, 1.82) is 0 Å². The van der Waals surface area contributed by atoms with E-state index in [4.69, 9.17) is 9.84 Å². The number of hydrogen-bond donors (Lipinski definition) is 1. The van der Waals surface area contributed by atoms with Gasteiger partial charge in [-0.2, -0.15) is 0 Å². The van der Waals surface area contributed by atoms with Crippen LogP contribution in [0.25, 0.3) is 0 Å². The fourth-order valence-corrected chi connectivity index (χ4v) is 1.42. The van der Waals surface area contributed by atoms with E-state index < -0.39 is 0 Å². The van der Waals surface area contributed by atoms with Gasteiger partial charge in [-0.3, -0.25) is 0 Å². The number of rotatable bonds is 7. The normalized spacial score (nSPS) is 10.3. The first-order valence-electron chi connectivity index (χ1n) is 5.51. The number of aliphatic hydroxyl groups is 1. The Labute approximate surface area is 102 Å². The van der Waals surface area contributed by atoms with E-state index in [-0.39, 0.29) is 6.61 Å². The van der Waals surface area contributed by atoms with Crippen LogP contribution in [0.5, 0.6) is 0 Å². The number of ether oxygens (including phenoxy) is 1. The van der Waals surface area contributed by atoms with E-state index in [1.165, 1.54) is 0 Å². The highest BCUT2D eigenvalue weighted by molar-refractivity contribution is 5.33. The Hall–Kier alpha value is -1.46. The van der Waals surface area contributed by atoms with Gasteiger partial charge < -0.3 is 14.7 Å². The quantitative estimate of drug-likeness (QED) is 0.714. The van der Waals surface area contributed by atoms with Crippen LogP contribution in [0.15, 0.2) is 18.9 Å². The molecule has 5 nitrogen and oxygen atoms in total.